The smallest absolute Gasteiger partial charge is 0.244 e. The molecule has 0 bridgehead atoms. The minimum absolute atomic E-state index is 0.0248. The first kappa shape index (κ1) is 14.0. The molecule has 7 heteroatoms. The first-order valence-electron chi connectivity index (χ1n) is 5.97. The third-order valence-electron chi connectivity index (χ3n) is 3.29. The number of nitrogens with zero attached hydrogens (tertiary/aromatic N) is 1. The minimum Gasteiger partial charge on any atom is -0.323 e. The van der Waals surface area contributed by atoms with Gasteiger partial charge in [0, 0.05) is 6.26 Å². The van der Waals surface area contributed by atoms with E-state index in [0.717, 1.165) is 19.1 Å². The molecule has 1 heterocycles. The summed E-state index contributed by atoms with van der Waals surface area (Å²) >= 11 is 0. The summed E-state index contributed by atoms with van der Waals surface area (Å²) in [5.74, 6) is -0.0559. The zero-order valence-electron chi connectivity index (χ0n) is 10.9. The van der Waals surface area contributed by atoms with E-state index in [1.54, 1.807) is 6.92 Å². The van der Waals surface area contributed by atoms with Crippen molar-refractivity contribution in [3.8, 4) is 0 Å². The van der Waals surface area contributed by atoms with Crippen molar-refractivity contribution in [3.63, 3.8) is 0 Å². The lowest BCUT2D eigenvalue weighted by Gasteiger charge is -2.23. The summed E-state index contributed by atoms with van der Waals surface area (Å²) in [4.78, 5) is 15.8. The van der Waals surface area contributed by atoms with Gasteiger partial charge >= 0.3 is 0 Å². The molecule has 1 aliphatic rings. The molecule has 1 aromatic rings. The molecule has 1 aromatic heterocycles. The van der Waals surface area contributed by atoms with Crippen LogP contribution in [0.15, 0.2) is 23.4 Å². The summed E-state index contributed by atoms with van der Waals surface area (Å²) in [5, 5.41) is 2.64. The van der Waals surface area contributed by atoms with Crippen LogP contribution in [-0.4, -0.2) is 31.1 Å². The van der Waals surface area contributed by atoms with Crippen molar-refractivity contribution >= 4 is 21.4 Å². The van der Waals surface area contributed by atoms with Crippen molar-refractivity contribution in [1.29, 1.82) is 0 Å². The van der Waals surface area contributed by atoms with Gasteiger partial charge in [-0.15, -0.1) is 0 Å². The Balaban J connectivity index is 2.10. The third kappa shape index (κ3) is 3.10. The van der Waals surface area contributed by atoms with Gasteiger partial charge in [0.2, 0.25) is 5.91 Å². The molecular formula is C12H17N3O3S. The normalized spacial score (nSPS) is 18.7. The van der Waals surface area contributed by atoms with Crippen LogP contribution >= 0.6 is 0 Å². The summed E-state index contributed by atoms with van der Waals surface area (Å²) in [6, 6.07) is 2.86. The van der Waals surface area contributed by atoms with Crippen molar-refractivity contribution in [2.45, 2.75) is 30.3 Å². The maximum atomic E-state index is 12.0. The average molecular weight is 283 g/mol. The highest BCUT2D eigenvalue weighted by molar-refractivity contribution is 7.90. The molecule has 19 heavy (non-hydrogen) atoms. The standard InChI is InChI=1S/C12H17N3O3S/c1-12(13,8-3-4-8)11(16)15-9-5-6-10(14-7-9)19(2,17)18/h5-8H,3-4,13H2,1-2H3,(H,15,16). The SMILES string of the molecule is CC(N)(C(=O)Nc1ccc(S(C)(=O)=O)nc1)C1CC1. The van der Waals surface area contributed by atoms with Gasteiger partial charge in [0.05, 0.1) is 17.4 Å². The number of pyridine rings is 1. The fourth-order valence-electron chi connectivity index (χ4n) is 1.81. The van der Waals surface area contributed by atoms with E-state index in [9.17, 15) is 13.2 Å². The Labute approximate surface area is 112 Å². The molecule has 0 aliphatic heterocycles. The summed E-state index contributed by atoms with van der Waals surface area (Å²) in [6.45, 7) is 1.71. The highest BCUT2D eigenvalue weighted by Crippen LogP contribution is 2.38. The highest BCUT2D eigenvalue weighted by Gasteiger charge is 2.44. The maximum absolute atomic E-state index is 12.0. The number of nitrogens with one attached hydrogen (secondary N) is 1. The molecule has 0 spiro atoms. The first-order chi connectivity index (χ1) is 8.71. The number of nitrogens with two attached hydrogens (primary N) is 1. The maximum Gasteiger partial charge on any atom is 0.244 e. The van der Waals surface area contributed by atoms with E-state index in [0.29, 0.717) is 5.69 Å². The molecule has 1 atom stereocenters. The van der Waals surface area contributed by atoms with Crippen molar-refractivity contribution < 1.29 is 13.2 Å². The van der Waals surface area contributed by atoms with Crippen LogP contribution in [0, 0.1) is 5.92 Å². The van der Waals surface area contributed by atoms with Crippen LogP contribution < -0.4 is 11.1 Å². The van der Waals surface area contributed by atoms with E-state index in [2.05, 4.69) is 10.3 Å². The lowest BCUT2D eigenvalue weighted by Crippen LogP contribution is -2.50. The number of aromatic nitrogens is 1. The molecule has 0 aromatic carbocycles. The quantitative estimate of drug-likeness (QED) is 0.840. The number of hydrogen-bond acceptors (Lipinski definition) is 5. The van der Waals surface area contributed by atoms with Gasteiger partial charge in [-0.05, 0) is 37.8 Å². The van der Waals surface area contributed by atoms with Gasteiger partial charge in [0.1, 0.15) is 0 Å². The van der Waals surface area contributed by atoms with Crippen LogP contribution in [0.3, 0.4) is 0 Å². The van der Waals surface area contributed by atoms with Crippen LogP contribution in [0.25, 0.3) is 0 Å². The number of hydrogen-bond donors (Lipinski definition) is 2. The predicted molar refractivity (Wildman–Crippen MR) is 71.3 cm³/mol. The molecule has 1 fully saturated rings. The largest absolute Gasteiger partial charge is 0.323 e. The van der Waals surface area contributed by atoms with Gasteiger partial charge in [0.15, 0.2) is 14.9 Å². The topological polar surface area (TPSA) is 102 Å². The number of sulfone groups is 1. The van der Waals surface area contributed by atoms with Gasteiger partial charge in [-0.2, -0.15) is 0 Å². The summed E-state index contributed by atoms with van der Waals surface area (Å²) in [5.41, 5.74) is 5.53. The molecule has 6 nitrogen and oxygen atoms in total. The molecule has 0 radical (unpaired) electrons. The third-order valence-corrected chi connectivity index (χ3v) is 4.29. The number of anilines is 1. The van der Waals surface area contributed by atoms with E-state index in [4.69, 9.17) is 5.73 Å². The van der Waals surface area contributed by atoms with Crippen LogP contribution in [0.4, 0.5) is 5.69 Å². The highest BCUT2D eigenvalue weighted by atomic mass is 32.2. The van der Waals surface area contributed by atoms with E-state index in [-0.39, 0.29) is 16.9 Å². The molecule has 1 aliphatic carbocycles. The van der Waals surface area contributed by atoms with E-state index in [1.807, 2.05) is 0 Å². The van der Waals surface area contributed by atoms with Crippen LogP contribution in [0.1, 0.15) is 19.8 Å². The Bertz CT molecular complexity index is 589. The summed E-state index contributed by atoms with van der Waals surface area (Å²) in [7, 11) is -3.33. The summed E-state index contributed by atoms with van der Waals surface area (Å²) < 4.78 is 22.5. The van der Waals surface area contributed by atoms with Gasteiger partial charge in [-0.3, -0.25) is 4.79 Å². The second-order valence-electron chi connectivity index (χ2n) is 5.17. The Hall–Kier alpha value is -1.47. The molecule has 1 saturated carbocycles. The fraction of sp³-hybridized carbons (Fsp3) is 0.500. The van der Waals surface area contributed by atoms with Gasteiger partial charge in [-0.1, -0.05) is 0 Å². The van der Waals surface area contributed by atoms with Crippen molar-refractivity contribution in [3.05, 3.63) is 18.3 Å². The van der Waals surface area contributed by atoms with Crippen molar-refractivity contribution in [1.82, 2.24) is 4.98 Å². The Morgan fingerprint density at radius 1 is 1.47 bits per heavy atom. The lowest BCUT2D eigenvalue weighted by atomic mass is 9.96. The zero-order valence-corrected chi connectivity index (χ0v) is 11.7. The lowest BCUT2D eigenvalue weighted by molar-refractivity contribution is -0.121. The van der Waals surface area contributed by atoms with Crippen molar-refractivity contribution in [2.75, 3.05) is 11.6 Å². The number of rotatable bonds is 4. The zero-order chi connectivity index (χ0) is 14.3. The molecule has 3 N–H and O–H groups in total. The molecule has 104 valence electrons. The van der Waals surface area contributed by atoms with E-state index in [1.165, 1.54) is 18.3 Å². The second-order valence-corrected chi connectivity index (χ2v) is 7.13. The number of carbonyl (C=O) groups excluding carboxylic acids is 1. The van der Waals surface area contributed by atoms with Crippen LogP contribution in [0.5, 0.6) is 0 Å². The predicted octanol–water partition coefficient (Wildman–Crippen LogP) is 0.551. The fourth-order valence-corrected chi connectivity index (χ4v) is 2.37. The molecule has 2 rings (SSSR count). The van der Waals surface area contributed by atoms with Crippen LogP contribution in [-0.2, 0) is 14.6 Å². The van der Waals surface area contributed by atoms with Gasteiger partial charge < -0.3 is 11.1 Å². The second kappa shape index (κ2) is 4.57. The van der Waals surface area contributed by atoms with E-state index >= 15 is 0 Å². The van der Waals surface area contributed by atoms with Gasteiger partial charge in [-0.25, -0.2) is 13.4 Å². The van der Waals surface area contributed by atoms with Gasteiger partial charge in [0.25, 0.3) is 0 Å². The Kier molecular flexibility index (Phi) is 3.36. The van der Waals surface area contributed by atoms with E-state index < -0.39 is 15.4 Å². The summed E-state index contributed by atoms with van der Waals surface area (Å²) in [6.07, 6.45) is 4.33. The monoisotopic (exact) mass is 283 g/mol. The minimum atomic E-state index is -3.33. The number of amides is 1. The molecule has 1 amide bonds. The van der Waals surface area contributed by atoms with Crippen LogP contribution in [0.2, 0.25) is 0 Å². The first-order valence-corrected chi connectivity index (χ1v) is 7.87. The Morgan fingerprint density at radius 2 is 2.11 bits per heavy atom. The molecule has 1 unspecified atom stereocenters. The number of carbonyl (C=O) groups is 1. The molecule has 0 saturated heterocycles. The van der Waals surface area contributed by atoms with Crippen molar-refractivity contribution in [2.24, 2.45) is 11.7 Å². The average Bonchev–Trinajstić information content (AvgIpc) is 3.12. The molecular weight excluding hydrogens is 266 g/mol. The Morgan fingerprint density at radius 3 is 2.53 bits per heavy atom.